The Labute approximate surface area is 124 Å². The van der Waals surface area contributed by atoms with Crippen molar-refractivity contribution >= 4 is 6.09 Å². The zero-order valence-corrected chi connectivity index (χ0v) is 12.7. The van der Waals surface area contributed by atoms with E-state index in [-0.39, 0.29) is 6.09 Å². The summed E-state index contributed by atoms with van der Waals surface area (Å²) in [6.07, 6.45) is 2.54. The first-order valence-electron chi connectivity index (χ1n) is 7.37. The molecule has 0 N–H and O–H groups in total. The van der Waals surface area contributed by atoms with Gasteiger partial charge in [-0.25, -0.2) is 4.79 Å². The highest BCUT2D eigenvalue weighted by molar-refractivity contribution is 5.68. The highest BCUT2D eigenvalue weighted by Crippen LogP contribution is 2.37. The molecule has 1 amide bonds. The number of carbonyl (C=O) groups excluding carboxylic acids is 1. The fourth-order valence-electron chi connectivity index (χ4n) is 2.60. The molecular weight excluding hydrogens is 268 g/mol. The van der Waals surface area contributed by atoms with Crippen LogP contribution in [-0.2, 0) is 17.7 Å². The first kappa shape index (κ1) is 13.9. The Balaban J connectivity index is 1.80. The summed E-state index contributed by atoms with van der Waals surface area (Å²) < 4.78 is 7.25. The summed E-state index contributed by atoms with van der Waals surface area (Å²) in [6.45, 7) is 6.58. The number of rotatable bonds is 1. The van der Waals surface area contributed by atoms with E-state index in [1.807, 2.05) is 25.5 Å². The van der Waals surface area contributed by atoms with E-state index in [1.54, 1.807) is 4.90 Å². The maximum atomic E-state index is 12.1. The number of nitriles is 1. The summed E-state index contributed by atoms with van der Waals surface area (Å²) in [5.41, 5.74) is 2.03. The van der Waals surface area contributed by atoms with Gasteiger partial charge in [0.2, 0.25) is 0 Å². The minimum absolute atomic E-state index is 0.312. The fraction of sp³-hybridized carbons (Fsp3) is 0.667. The molecule has 1 fully saturated rings. The minimum Gasteiger partial charge on any atom is -0.444 e. The average molecular weight is 288 g/mol. The Morgan fingerprint density at radius 2 is 2.14 bits per heavy atom. The summed E-state index contributed by atoms with van der Waals surface area (Å²) >= 11 is 0. The van der Waals surface area contributed by atoms with Gasteiger partial charge in [-0.15, -0.1) is 0 Å². The van der Waals surface area contributed by atoms with Gasteiger partial charge < -0.3 is 9.64 Å². The molecule has 1 aromatic heterocycles. The number of amides is 1. The molecule has 0 radical (unpaired) electrons. The molecule has 0 atom stereocenters. The quantitative estimate of drug-likeness (QED) is 0.795. The maximum Gasteiger partial charge on any atom is 0.410 e. The largest absolute Gasteiger partial charge is 0.444 e. The number of hydrogen-bond acceptors (Lipinski definition) is 4. The second kappa shape index (κ2) is 4.76. The molecule has 21 heavy (non-hydrogen) atoms. The number of hydrogen-bond donors (Lipinski definition) is 0. The van der Waals surface area contributed by atoms with Gasteiger partial charge in [0.1, 0.15) is 17.4 Å². The van der Waals surface area contributed by atoms with Gasteiger partial charge in [-0.05, 0) is 40.0 Å². The van der Waals surface area contributed by atoms with Crippen molar-refractivity contribution in [2.45, 2.75) is 58.2 Å². The molecule has 1 aliphatic heterocycles. The molecule has 0 aromatic carbocycles. The predicted molar refractivity (Wildman–Crippen MR) is 75.6 cm³/mol. The van der Waals surface area contributed by atoms with Crippen molar-refractivity contribution in [1.82, 2.24) is 14.7 Å². The first-order chi connectivity index (χ1) is 9.89. The van der Waals surface area contributed by atoms with E-state index < -0.39 is 5.60 Å². The van der Waals surface area contributed by atoms with Crippen molar-refractivity contribution in [3.05, 3.63) is 17.0 Å². The Kier molecular flexibility index (Phi) is 3.16. The highest BCUT2D eigenvalue weighted by atomic mass is 16.6. The van der Waals surface area contributed by atoms with Crippen LogP contribution in [0.2, 0.25) is 0 Å². The van der Waals surface area contributed by atoms with Crippen molar-refractivity contribution in [2.24, 2.45) is 0 Å². The number of ether oxygens (including phenoxy) is 1. The summed E-state index contributed by atoms with van der Waals surface area (Å²) in [5.74, 6) is 0. The molecule has 0 unspecified atom stereocenters. The standard InChI is InChI=1S/C15H20N4O2/c1-15(2,3)21-14(20)18-7-6-11-12(9-18)17-19(10-4-5-10)13(11)8-16/h10H,4-7,9H2,1-3H3. The normalized spacial score (nSPS) is 18.1. The Morgan fingerprint density at radius 1 is 1.43 bits per heavy atom. The lowest BCUT2D eigenvalue weighted by atomic mass is 10.1. The van der Waals surface area contributed by atoms with Crippen molar-refractivity contribution in [3.63, 3.8) is 0 Å². The maximum absolute atomic E-state index is 12.1. The van der Waals surface area contributed by atoms with Gasteiger partial charge in [-0.3, -0.25) is 4.68 Å². The molecule has 0 spiro atoms. The van der Waals surface area contributed by atoms with Crippen molar-refractivity contribution < 1.29 is 9.53 Å². The van der Waals surface area contributed by atoms with Crippen LogP contribution in [0.3, 0.4) is 0 Å². The van der Waals surface area contributed by atoms with Crippen LogP contribution in [-0.4, -0.2) is 32.9 Å². The van der Waals surface area contributed by atoms with Gasteiger partial charge in [0.05, 0.1) is 18.3 Å². The third kappa shape index (κ3) is 2.73. The number of nitrogens with zero attached hydrogens (tertiary/aromatic N) is 4. The van der Waals surface area contributed by atoms with Crippen LogP contribution < -0.4 is 0 Å². The van der Waals surface area contributed by atoms with Gasteiger partial charge >= 0.3 is 6.09 Å². The van der Waals surface area contributed by atoms with E-state index in [0.29, 0.717) is 31.2 Å². The SMILES string of the molecule is CC(C)(C)OC(=O)N1CCc2c(nn(C3CC3)c2C#N)C1. The van der Waals surface area contributed by atoms with Gasteiger partial charge in [0.15, 0.2) is 0 Å². The third-order valence-electron chi connectivity index (χ3n) is 3.71. The fourth-order valence-corrected chi connectivity index (χ4v) is 2.60. The van der Waals surface area contributed by atoms with Crippen LogP contribution in [0.25, 0.3) is 0 Å². The third-order valence-corrected chi connectivity index (χ3v) is 3.71. The second-order valence-electron chi connectivity index (χ2n) is 6.71. The Bertz CT molecular complexity index is 617. The average Bonchev–Trinajstić information content (AvgIpc) is 3.17. The van der Waals surface area contributed by atoms with Crippen molar-refractivity contribution in [1.29, 1.82) is 5.26 Å². The molecule has 2 heterocycles. The first-order valence-corrected chi connectivity index (χ1v) is 7.37. The zero-order valence-electron chi connectivity index (χ0n) is 12.7. The Morgan fingerprint density at radius 3 is 2.71 bits per heavy atom. The highest BCUT2D eigenvalue weighted by Gasteiger charge is 2.34. The number of fused-ring (bicyclic) bond motifs is 1. The van der Waals surface area contributed by atoms with E-state index in [0.717, 1.165) is 24.1 Å². The minimum atomic E-state index is -0.497. The molecule has 2 aliphatic rings. The molecule has 112 valence electrons. The van der Waals surface area contributed by atoms with Crippen molar-refractivity contribution in [2.75, 3.05) is 6.54 Å². The van der Waals surface area contributed by atoms with Crippen molar-refractivity contribution in [3.8, 4) is 6.07 Å². The van der Waals surface area contributed by atoms with Crippen LogP contribution in [0.5, 0.6) is 0 Å². The van der Waals surface area contributed by atoms with E-state index in [4.69, 9.17) is 4.74 Å². The number of carbonyl (C=O) groups is 1. The summed E-state index contributed by atoms with van der Waals surface area (Å²) in [4.78, 5) is 13.8. The Hall–Kier alpha value is -2.03. The molecule has 3 rings (SSSR count). The van der Waals surface area contributed by atoms with Gasteiger partial charge in [-0.1, -0.05) is 0 Å². The second-order valence-corrected chi connectivity index (χ2v) is 6.71. The van der Waals surface area contributed by atoms with E-state index in [2.05, 4.69) is 11.2 Å². The molecule has 6 nitrogen and oxygen atoms in total. The van der Waals surface area contributed by atoms with Gasteiger partial charge in [0.25, 0.3) is 0 Å². The topological polar surface area (TPSA) is 71.2 Å². The van der Waals surface area contributed by atoms with E-state index in [1.165, 1.54) is 0 Å². The lowest BCUT2D eigenvalue weighted by Crippen LogP contribution is -2.39. The van der Waals surface area contributed by atoms with Crippen LogP contribution >= 0.6 is 0 Å². The molecule has 1 saturated carbocycles. The lowest BCUT2D eigenvalue weighted by molar-refractivity contribution is 0.0221. The van der Waals surface area contributed by atoms with Gasteiger partial charge in [0, 0.05) is 12.1 Å². The van der Waals surface area contributed by atoms with Crippen LogP contribution in [0.4, 0.5) is 4.79 Å². The zero-order chi connectivity index (χ0) is 15.2. The van der Waals surface area contributed by atoms with Crippen LogP contribution in [0.15, 0.2) is 0 Å². The summed E-state index contributed by atoms with van der Waals surface area (Å²) in [6, 6.07) is 2.65. The predicted octanol–water partition coefficient (Wildman–Crippen LogP) is 2.38. The molecule has 6 heteroatoms. The monoisotopic (exact) mass is 288 g/mol. The molecule has 1 aromatic rings. The summed E-state index contributed by atoms with van der Waals surface area (Å²) in [7, 11) is 0. The lowest BCUT2D eigenvalue weighted by Gasteiger charge is -2.29. The van der Waals surface area contributed by atoms with Gasteiger partial charge in [-0.2, -0.15) is 10.4 Å². The van der Waals surface area contributed by atoms with Crippen LogP contribution in [0, 0.1) is 11.3 Å². The molecule has 1 aliphatic carbocycles. The number of aromatic nitrogens is 2. The van der Waals surface area contributed by atoms with Crippen LogP contribution in [0.1, 0.15) is 56.6 Å². The smallest absolute Gasteiger partial charge is 0.410 e. The molecular formula is C15H20N4O2. The molecule has 0 bridgehead atoms. The molecule has 0 saturated heterocycles. The summed E-state index contributed by atoms with van der Waals surface area (Å²) in [5, 5.41) is 13.9. The van der Waals surface area contributed by atoms with E-state index in [9.17, 15) is 10.1 Å². The van der Waals surface area contributed by atoms with E-state index >= 15 is 0 Å².